The summed E-state index contributed by atoms with van der Waals surface area (Å²) in [5.74, 6) is 0.588. The van der Waals surface area contributed by atoms with Gasteiger partial charge in [-0.25, -0.2) is 0 Å². The van der Waals surface area contributed by atoms with Crippen LogP contribution in [0.3, 0.4) is 0 Å². The third-order valence-electron chi connectivity index (χ3n) is 3.57. The molecule has 2 aromatic heterocycles. The maximum atomic E-state index is 12.1. The van der Waals surface area contributed by atoms with Gasteiger partial charge in [-0.1, -0.05) is 0 Å². The van der Waals surface area contributed by atoms with Crippen molar-refractivity contribution in [3.05, 3.63) is 52.5 Å². The van der Waals surface area contributed by atoms with Crippen LogP contribution in [-0.4, -0.2) is 28.6 Å². The smallest absolute Gasteiger partial charge is 0.251 e. The predicted molar refractivity (Wildman–Crippen MR) is 99.0 cm³/mol. The summed E-state index contributed by atoms with van der Waals surface area (Å²) in [5.41, 5.74) is 2.06. The molecule has 7 nitrogen and oxygen atoms in total. The van der Waals surface area contributed by atoms with Crippen molar-refractivity contribution in [3.63, 3.8) is 0 Å². The summed E-state index contributed by atoms with van der Waals surface area (Å²) in [7, 11) is 0. The number of carbonyl (C=O) groups excluding carboxylic acids is 2. The number of thiophene rings is 1. The van der Waals surface area contributed by atoms with Crippen LogP contribution < -0.4 is 10.6 Å². The highest BCUT2D eigenvalue weighted by Crippen LogP contribution is 2.20. The molecule has 134 valence electrons. The summed E-state index contributed by atoms with van der Waals surface area (Å²) in [6, 6.07) is 8.64. The van der Waals surface area contributed by atoms with E-state index in [9.17, 15) is 9.59 Å². The highest BCUT2D eigenvalue weighted by atomic mass is 32.1. The molecule has 0 atom stereocenters. The number of benzene rings is 1. The normalized spacial score (nSPS) is 10.5. The Labute approximate surface area is 154 Å². The maximum Gasteiger partial charge on any atom is 0.251 e. The van der Waals surface area contributed by atoms with E-state index in [1.165, 1.54) is 0 Å². The lowest BCUT2D eigenvalue weighted by Crippen LogP contribution is -2.22. The van der Waals surface area contributed by atoms with Gasteiger partial charge in [0.05, 0.1) is 0 Å². The Hall–Kier alpha value is -3.00. The SMILES string of the molecule is CCNC(=O)c1ccc(NC(=O)CCc2nnc(-c3ccsc3)o2)cc1. The monoisotopic (exact) mass is 370 g/mol. The second-order valence-electron chi connectivity index (χ2n) is 5.50. The molecule has 1 aromatic carbocycles. The van der Waals surface area contributed by atoms with Crippen LogP contribution in [0.4, 0.5) is 5.69 Å². The Balaban J connectivity index is 1.50. The number of nitrogens with one attached hydrogen (secondary N) is 2. The van der Waals surface area contributed by atoms with E-state index in [2.05, 4.69) is 20.8 Å². The van der Waals surface area contributed by atoms with E-state index in [0.717, 1.165) is 5.56 Å². The summed E-state index contributed by atoms with van der Waals surface area (Å²) >= 11 is 1.55. The molecule has 0 spiro atoms. The van der Waals surface area contributed by atoms with Gasteiger partial charge in [-0.3, -0.25) is 9.59 Å². The number of rotatable bonds is 7. The van der Waals surface area contributed by atoms with E-state index >= 15 is 0 Å². The molecule has 3 aromatic rings. The van der Waals surface area contributed by atoms with E-state index < -0.39 is 0 Å². The fourth-order valence-electron chi connectivity index (χ4n) is 2.27. The second kappa shape index (κ2) is 8.39. The Morgan fingerprint density at radius 2 is 1.96 bits per heavy atom. The van der Waals surface area contributed by atoms with Crippen LogP contribution in [0.2, 0.25) is 0 Å². The van der Waals surface area contributed by atoms with Gasteiger partial charge in [0, 0.05) is 41.6 Å². The molecule has 0 bridgehead atoms. The van der Waals surface area contributed by atoms with Crippen molar-refractivity contribution < 1.29 is 14.0 Å². The molecule has 0 saturated carbocycles. The standard InChI is InChI=1S/C18H18N4O3S/c1-2-19-17(24)12-3-5-14(6-4-12)20-15(23)7-8-16-21-22-18(25-16)13-9-10-26-11-13/h3-6,9-11H,2,7-8H2,1H3,(H,19,24)(H,20,23). The van der Waals surface area contributed by atoms with Gasteiger partial charge >= 0.3 is 0 Å². The first-order chi connectivity index (χ1) is 12.7. The van der Waals surface area contributed by atoms with Crippen LogP contribution in [0.25, 0.3) is 11.5 Å². The van der Waals surface area contributed by atoms with Gasteiger partial charge in [-0.2, -0.15) is 11.3 Å². The molecule has 26 heavy (non-hydrogen) atoms. The number of carbonyl (C=O) groups is 2. The minimum atomic E-state index is -0.161. The lowest BCUT2D eigenvalue weighted by Gasteiger charge is -2.06. The lowest BCUT2D eigenvalue weighted by molar-refractivity contribution is -0.116. The molecule has 0 unspecified atom stereocenters. The Morgan fingerprint density at radius 1 is 1.15 bits per heavy atom. The van der Waals surface area contributed by atoms with Crippen molar-refractivity contribution in [3.8, 4) is 11.5 Å². The van der Waals surface area contributed by atoms with Crippen LogP contribution in [0, 0.1) is 0 Å². The largest absolute Gasteiger partial charge is 0.421 e. The first-order valence-corrected chi connectivity index (χ1v) is 9.13. The molecular weight excluding hydrogens is 352 g/mol. The number of aryl methyl sites for hydroxylation is 1. The van der Waals surface area contributed by atoms with Crippen LogP contribution >= 0.6 is 11.3 Å². The van der Waals surface area contributed by atoms with Gasteiger partial charge in [0.1, 0.15) is 0 Å². The van der Waals surface area contributed by atoms with Crippen molar-refractivity contribution in [2.24, 2.45) is 0 Å². The Kier molecular flexibility index (Phi) is 5.75. The predicted octanol–water partition coefficient (Wildman–Crippen LogP) is 3.12. The number of nitrogens with zero attached hydrogens (tertiary/aromatic N) is 2. The first-order valence-electron chi connectivity index (χ1n) is 8.18. The third-order valence-corrected chi connectivity index (χ3v) is 4.25. The number of aromatic nitrogens is 2. The molecule has 2 heterocycles. The minimum absolute atomic E-state index is 0.136. The van der Waals surface area contributed by atoms with Crippen LogP contribution in [0.5, 0.6) is 0 Å². The average Bonchev–Trinajstić information content (AvgIpc) is 3.32. The molecule has 0 fully saturated rings. The van der Waals surface area contributed by atoms with Gasteiger partial charge in [0.15, 0.2) is 0 Å². The molecule has 0 aliphatic rings. The highest BCUT2D eigenvalue weighted by Gasteiger charge is 2.11. The molecular formula is C18H18N4O3S. The zero-order valence-electron chi connectivity index (χ0n) is 14.2. The topological polar surface area (TPSA) is 97.1 Å². The molecule has 2 N–H and O–H groups in total. The maximum absolute atomic E-state index is 12.1. The van der Waals surface area contributed by atoms with Crippen molar-refractivity contribution in [2.75, 3.05) is 11.9 Å². The van der Waals surface area contributed by atoms with Crippen LogP contribution in [-0.2, 0) is 11.2 Å². The van der Waals surface area contributed by atoms with Crippen LogP contribution in [0.1, 0.15) is 29.6 Å². The molecule has 0 radical (unpaired) electrons. The zero-order valence-corrected chi connectivity index (χ0v) is 15.0. The summed E-state index contributed by atoms with van der Waals surface area (Å²) in [6.45, 7) is 2.43. The fourth-order valence-corrected chi connectivity index (χ4v) is 2.90. The number of anilines is 1. The molecule has 0 saturated heterocycles. The molecule has 2 amide bonds. The molecule has 8 heteroatoms. The van der Waals surface area contributed by atoms with Crippen molar-refractivity contribution in [1.82, 2.24) is 15.5 Å². The third kappa shape index (κ3) is 4.54. The summed E-state index contributed by atoms with van der Waals surface area (Å²) in [6.07, 6.45) is 0.587. The van der Waals surface area contributed by atoms with Gasteiger partial charge in [-0.15, -0.1) is 10.2 Å². The average molecular weight is 370 g/mol. The van der Waals surface area contributed by atoms with Gasteiger partial charge in [-0.05, 0) is 42.6 Å². The summed E-state index contributed by atoms with van der Waals surface area (Å²) < 4.78 is 5.55. The molecule has 0 aliphatic heterocycles. The van der Waals surface area contributed by atoms with E-state index in [4.69, 9.17) is 4.42 Å². The molecule has 0 aliphatic carbocycles. The van der Waals surface area contributed by atoms with Gasteiger partial charge in [0.2, 0.25) is 17.7 Å². The van der Waals surface area contributed by atoms with E-state index in [1.54, 1.807) is 35.6 Å². The van der Waals surface area contributed by atoms with Gasteiger partial charge < -0.3 is 15.1 Å². The number of amides is 2. The zero-order chi connectivity index (χ0) is 18.4. The van der Waals surface area contributed by atoms with Gasteiger partial charge in [0.25, 0.3) is 5.91 Å². The summed E-state index contributed by atoms with van der Waals surface area (Å²) in [5, 5.41) is 17.3. The molecule has 3 rings (SSSR count). The quantitative estimate of drug-likeness (QED) is 0.666. The van der Waals surface area contributed by atoms with E-state index in [0.29, 0.717) is 36.0 Å². The van der Waals surface area contributed by atoms with Crippen molar-refractivity contribution in [1.29, 1.82) is 0 Å². The summed E-state index contributed by atoms with van der Waals surface area (Å²) in [4.78, 5) is 23.8. The lowest BCUT2D eigenvalue weighted by atomic mass is 10.2. The van der Waals surface area contributed by atoms with E-state index in [-0.39, 0.29) is 18.2 Å². The van der Waals surface area contributed by atoms with Crippen molar-refractivity contribution >= 4 is 28.8 Å². The first kappa shape index (κ1) is 17.8. The second-order valence-corrected chi connectivity index (χ2v) is 6.28. The highest BCUT2D eigenvalue weighted by molar-refractivity contribution is 7.08. The van der Waals surface area contributed by atoms with E-state index in [1.807, 2.05) is 23.8 Å². The number of hydrogen-bond donors (Lipinski definition) is 2. The van der Waals surface area contributed by atoms with Crippen molar-refractivity contribution in [2.45, 2.75) is 19.8 Å². The Bertz CT molecular complexity index is 872. The van der Waals surface area contributed by atoms with Crippen LogP contribution in [0.15, 0.2) is 45.5 Å². The Morgan fingerprint density at radius 3 is 2.65 bits per heavy atom. The minimum Gasteiger partial charge on any atom is -0.421 e. The fraction of sp³-hybridized carbons (Fsp3) is 0.222. The number of hydrogen-bond acceptors (Lipinski definition) is 6.